The first-order chi connectivity index (χ1) is 15.0. The van der Waals surface area contributed by atoms with Crippen LogP contribution in [0.3, 0.4) is 0 Å². The maximum absolute atomic E-state index is 12.4. The summed E-state index contributed by atoms with van der Waals surface area (Å²) in [6.45, 7) is 3.84. The highest BCUT2D eigenvalue weighted by atomic mass is 35.5. The molecule has 1 saturated heterocycles. The summed E-state index contributed by atoms with van der Waals surface area (Å²) in [6, 6.07) is 11.6. The quantitative estimate of drug-likeness (QED) is 0.650. The van der Waals surface area contributed by atoms with Crippen molar-refractivity contribution in [1.82, 2.24) is 19.4 Å². The molecular weight excluding hydrogens is 435 g/mol. The van der Waals surface area contributed by atoms with E-state index in [1.54, 1.807) is 28.6 Å². The highest BCUT2D eigenvalue weighted by Gasteiger charge is 2.39. The number of fused-ring (bicyclic) bond motifs is 1. The number of hydrogen-bond donors (Lipinski definition) is 1. The minimum atomic E-state index is -0.188. The van der Waals surface area contributed by atoms with Gasteiger partial charge in [0.2, 0.25) is 0 Å². The van der Waals surface area contributed by atoms with Crippen molar-refractivity contribution in [2.24, 2.45) is 7.05 Å². The second-order valence-electron chi connectivity index (χ2n) is 8.11. The molecule has 0 unspecified atom stereocenters. The Hall–Kier alpha value is -2.25. The van der Waals surface area contributed by atoms with Crippen LogP contribution in [0.2, 0.25) is 10.0 Å². The number of halogens is 2. The van der Waals surface area contributed by atoms with Crippen molar-refractivity contribution in [3.8, 4) is 11.4 Å². The smallest absolute Gasteiger partial charge is 0.332 e. The summed E-state index contributed by atoms with van der Waals surface area (Å²) in [5, 5.41) is 4.72. The summed E-state index contributed by atoms with van der Waals surface area (Å²) in [5.74, 6) is 0.710. The van der Waals surface area contributed by atoms with Crippen LogP contribution in [0.5, 0.6) is 5.75 Å². The Balaban J connectivity index is 1.51. The molecule has 1 aliphatic carbocycles. The van der Waals surface area contributed by atoms with Crippen molar-refractivity contribution in [2.75, 3.05) is 26.2 Å². The molecule has 0 saturated carbocycles. The highest BCUT2D eigenvalue weighted by Crippen LogP contribution is 2.42. The number of aromatic nitrogens is 2. The van der Waals surface area contributed by atoms with E-state index in [4.69, 9.17) is 27.9 Å². The van der Waals surface area contributed by atoms with Crippen LogP contribution in [-0.2, 0) is 13.5 Å². The van der Waals surface area contributed by atoms with Crippen LogP contribution in [0.4, 0.5) is 0 Å². The van der Waals surface area contributed by atoms with Crippen LogP contribution in [0.25, 0.3) is 5.69 Å². The van der Waals surface area contributed by atoms with Gasteiger partial charge in [-0.1, -0.05) is 29.3 Å². The molecule has 1 N–H and O–H groups in total. The summed E-state index contributed by atoms with van der Waals surface area (Å²) >= 11 is 12.9. The van der Waals surface area contributed by atoms with Gasteiger partial charge in [0.1, 0.15) is 11.9 Å². The molecule has 162 valence electrons. The number of rotatable bonds is 4. The lowest BCUT2D eigenvalue weighted by molar-refractivity contribution is 0.0694. The zero-order chi connectivity index (χ0) is 21.5. The third-order valence-electron chi connectivity index (χ3n) is 6.19. The maximum atomic E-state index is 12.4. The van der Waals surface area contributed by atoms with E-state index in [-0.39, 0.29) is 17.8 Å². The van der Waals surface area contributed by atoms with E-state index in [2.05, 4.69) is 10.2 Å². The molecule has 5 rings (SSSR count). The van der Waals surface area contributed by atoms with Gasteiger partial charge in [-0.3, -0.25) is 9.47 Å². The first kappa shape index (κ1) is 20.6. The van der Waals surface area contributed by atoms with Crippen molar-refractivity contribution in [1.29, 1.82) is 0 Å². The molecule has 2 atom stereocenters. The monoisotopic (exact) mass is 458 g/mol. The fraction of sp³-hybridized carbons (Fsp3) is 0.348. The Morgan fingerprint density at radius 2 is 1.90 bits per heavy atom. The first-order valence-electron chi connectivity index (χ1n) is 10.4. The molecule has 8 heteroatoms. The summed E-state index contributed by atoms with van der Waals surface area (Å²) in [4.78, 5) is 14.8. The Kier molecular flexibility index (Phi) is 5.56. The van der Waals surface area contributed by atoms with Crippen molar-refractivity contribution < 1.29 is 4.74 Å². The molecule has 1 aliphatic heterocycles. The fourth-order valence-electron chi connectivity index (χ4n) is 4.61. The molecule has 0 amide bonds. The van der Waals surface area contributed by atoms with Gasteiger partial charge >= 0.3 is 5.69 Å². The number of ether oxygens (including phenoxy) is 1. The second-order valence-corrected chi connectivity index (χ2v) is 8.95. The number of nitrogens with one attached hydrogen (secondary N) is 1. The molecule has 0 spiro atoms. The van der Waals surface area contributed by atoms with Gasteiger partial charge in [-0.25, -0.2) is 4.79 Å². The molecule has 2 aliphatic rings. The van der Waals surface area contributed by atoms with Crippen molar-refractivity contribution >= 4 is 23.2 Å². The predicted molar refractivity (Wildman–Crippen MR) is 123 cm³/mol. The van der Waals surface area contributed by atoms with Gasteiger partial charge in [-0.05, 0) is 36.2 Å². The van der Waals surface area contributed by atoms with Crippen LogP contribution in [0.1, 0.15) is 17.2 Å². The topological polar surface area (TPSA) is 51.4 Å². The van der Waals surface area contributed by atoms with Gasteiger partial charge in [-0.2, -0.15) is 0 Å². The lowest BCUT2D eigenvalue weighted by Gasteiger charge is -2.36. The van der Waals surface area contributed by atoms with Gasteiger partial charge < -0.3 is 14.6 Å². The van der Waals surface area contributed by atoms with Crippen LogP contribution >= 0.6 is 23.2 Å². The van der Waals surface area contributed by atoms with Crippen LogP contribution in [-0.4, -0.2) is 46.3 Å². The zero-order valence-electron chi connectivity index (χ0n) is 17.2. The minimum Gasteiger partial charge on any atom is -0.484 e. The van der Waals surface area contributed by atoms with E-state index in [1.165, 1.54) is 0 Å². The fourth-order valence-corrected chi connectivity index (χ4v) is 5.19. The Bertz CT molecular complexity index is 1170. The molecular formula is C23H24Cl2N4O2. The number of aryl methyl sites for hydroxylation is 1. The summed E-state index contributed by atoms with van der Waals surface area (Å²) in [6.07, 6.45) is 4.14. The number of hydrogen-bond acceptors (Lipinski definition) is 4. The van der Waals surface area contributed by atoms with E-state index in [0.717, 1.165) is 49.4 Å². The molecule has 31 heavy (non-hydrogen) atoms. The van der Waals surface area contributed by atoms with E-state index >= 15 is 0 Å². The second kappa shape index (κ2) is 8.36. The van der Waals surface area contributed by atoms with Crippen LogP contribution < -0.4 is 15.7 Å². The molecule has 3 aromatic rings. The molecule has 1 fully saturated rings. The average Bonchev–Trinajstić information content (AvgIpc) is 3.29. The standard InChI is InChI=1S/C23H24Cl2N4O2/c1-27-9-10-29(23(27)30)16-3-2-4-17(13-16)31-22-19-11-15(24)12-20(25)18(19)14-21(22)28-7-5-26-6-8-28/h2-4,9-13,21-22,26H,5-8,14H2,1H3/t21-,22-/m0/s1. The van der Waals surface area contributed by atoms with Gasteiger partial charge in [-0.15, -0.1) is 0 Å². The van der Waals surface area contributed by atoms with Crippen LogP contribution in [0, 0.1) is 0 Å². The molecule has 0 radical (unpaired) electrons. The lowest BCUT2D eigenvalue weighted by Crippen LogP contribution is -2.50. The van der Waals surface area contributed by atoms with E-state index < -0.39 is 0 Å². The summed E-state index contributed by atoms with van der Waals surface area (Å²) in [5.41, 5.74) is 2.82. The Morgan fingerprint density at radius 1 is 1.10 bits per heavy atom. The third-order valence-corrected chi connectivity index (χ3v) is 6.75. The molecule has 1 aromatic heterocycles. The zero-order valence-corrected chi connectivity index (χ0v) is 18.7. The maximum Gasteiger partial charge on any atom is 0.332 e. The van der Waals surface area contributed by atoms with Crippen LogP contribution in [0.15, 0.2) is 53.6 Å². The van der Waals surface area contributed by atoms with Crippen molar-refractivity contribution in [2.45, 2.75) is 18.6 Å². The van der Waals surface area contributed by atoms with Crippen molar-refractivity contribution in [3.63, 3.8) is 0 Å². The number of benzene rings is 2. The van der Waals surface area contributed by atoms with Crippen molar-refractivity contribution in [3.05, 3.63) is 80.4 Å². The summed E-state index contributed by atoms with van der Waals surface area (Å²) in [7, 11) is 1.74. The van der Waals surface area contributed by atoms with Gasteiger partial charge in [0.05, 0.1) is 11.7 Å². The normalized spacial score (nSPS) is 21.3. The SMILES string of the molecule is Cn1ccn(-c2cccc(O[C@H]3c4cc(Cl)cc(Cl)c4C[C@@H]3N3CCNCC3)c2)c1=O. The number of nitrogens with zero attached hydrogens (tertiary/aromatic N) is 3. The molecule has 2 aromatic carbocycles. The highest BCUT2D eigenvalue weighted by molar-refractivity contribution is 6.35. The Morgan fingerprint density at radius 3 is 2.65 bits per heavy atom. The Labute approximate surface area is 190 Å². The largest absolute Gasteiger partial charge is 0.484 e. The third kappa shape index (κ3) is 3.89. The van der Waals surface area contributed by atoms with E-state index in [0.29, 0.717) is 15.8 Å². The minimum absolute atomic E-state index is 0.0966. The number of imidazole rings is 1. The summed E-state index contributed by atoms with van der Waals surface area (Å²) < 4.78 is 9.74. The van der Waals surface area contributed by atoms with E-state index in [1.807, 2.05) is 36.4 Å². The van der Waals surface area contributed by atoms with Gasteiger partial charge in [0, 0.05) is 67.3 Å². The van der Waals surface area contributed by atoms with Gasteiger partial charge in [0.15, 0.2) is 0 Å². The predicted octanol–water partition coefficient (Wildman–Crippen LogP) is 3.43. The van der Waals surface area contributed by atoms with E-state index in [9.17, 15) is 4.79 Å². The molecule has 0 bridgehead atoms. The van der Waals surface area contributed by atoms with Gasteiger partial charge in [0.25, 0.3) is 0 Å². The average molecular weight is 459 g/mol. The molecule has 2 heterocycles. The molecule has 6 nitrogen and oxygen atoms in total. The number of piperazine rings is 1. The lowest BCUT2D eigenvalue weighted by atomic mass is 10.1. The first-order valence-corrected chi connectivity index (χ1v) is 11.2.